The van der Waals surface area contributed by atoms with Gasteiger partial charge in [-0.15, -0.1) is 24.5 Å². The molecule has 1 aromatic heterocycles. The molecule has 0 saturated carbocycles. The summed E-state index contributed by atoms with van der Waals surface area (Å²) in [5.41, 5.74) is 5.82. The number of carbonyl (C=O) groups is 1. The second kappa shape index (κ2) is 5.90. The third-order valence-electron chi connectivity index (χ3n) is 2.17. The molecule has 0 atom stereocenters. The molecule has 2 rings (SSSR count). The van der Waals surface area contributed by atoms with Crippen LogP contribution in [0.5, 0.6) is 5.75 Å². The maximum absolute atomic E-state index is 12.1. The van der Waals surface area contributed by atoms with Crippen molar-refractivity contribution in [2.24, 2.45) is 0 Å². The van der Waals surface area contributed by atoms with Crippen molar-refractivity contribution in [3.05, 3.63) is 33.7 Å². The summed E-state index contributed by atoms with van der Waals surface area (Å²) in [5.74, 6) is -0.919. The van der Waals surface area contributed by atoms with Crippen LogP contribution < -0.4 is 15.8 Å². The number of alkyl halides is 3. The second-order valence-corrected chi connectivity index (χ2v) is 5.46. The van der Waals surface area contributed by atoms with E-state index >= 15 is 0 Å². The van der Waals surface area contributed by atoms with E-state index in [-0.39, 0.29) is 21.0 Å². The largest absolute Gasteiger partial charge is 0.573 e. The number of ether oxygens (including phenoxy) is 1. The highest BCUT2D eigenvalue weighted by Gasteiger charge is 2.32. The summed E-state index contributed by atoms with van der Waals surface area (Å²) in [6.07, 6.45) is -4.79. The number of benzene rings is 1. The van der Waals surface area contributed by atoms with Gasteiger partial charge in [-0.05, 0) is 34.1 Å². The second-order valence-electron chi connectivity index (χ2n) is 3.72. The summed E-state index contributed by atoms with van der Waals surface area (Å²) in [5, 5.41) is 4.20. The first-order valence-electron chi connectivity index (χ1n) is 5.32. The fraction of sp³-hybridized carbons (Fsp3) is 0.0909. The molecule has 2 aromatic rings. The van der Waals surface area contributed by atoms with Crippen LogP contribution in [0, 0.1) is 0 Å². The van der Waals surface area contributed by atoms with Gasteiger partial charge in [-0.1, -0.05) is 0 Å². The standard InChI is InChI=1S/C11H7BrF3N3O2S/c12-6-3-5(1-2-8(6)20-11(13,14)15)17-9(19)7-4-21-10(16)18-7/h1-4H,(H2,16,18)(H,17,19). The molecule has 0 bridgehead atoms. The molecule has 0 spiro atoms. The number of anilines is 2. The molecule has 0 aliphatic carbocycles. The first kappa shape index (κ1) is 15.6. The highest BCUT2D eigenvalue weighted by atomic mass is 79.9. The van der Waals surface area contributed by atoms with Crippen molar-refractivity contribution in [3.8, 4) is 5.75 Å². The summed E-state index contributed by atoms with van der Waals surface area (Å²) >= 11 is 4.05. The van der Waals surface area contributed by atoms with Gasteiger partial charge in [0, 0.05) is 11.1 Å². The van der Waals surface area contributed by atoms with E-state index in [1.807, 2.05) is 0 Å². The third-order valence-corrected chi connectivity index (χ3v) is 3.46. The van der Waals surface area contributed by atoms with Crippen LogP contribution in [0.25, 0.3) is 0 Å². The number of thiazole rings is 1. The molecule has 21 heavy (non-hydrogen) atoms. The van der Waals surface area contributed by atoms with Gasteiger partial charge in [-0.25, -0.2) is 4.98 Å². The Morgan fingerprint density at radius 3 is 2.67 bits per heavy atom. The van der Waals surface area contributed by atoms with Crippen LogP contribution in [-0.4, -0.2) is 17.3 Å². The first-order valence-corrected chi connectivity index (χ1v) is 6.99. The zero-order valence-corrected chi connectivity index (χ0v) is 12.5. The minimum atomic E-state index is -4.79. The lowest BCUT2D eigenvalue weighted by Crippen LogP contribution is -2.17. The number of amides is 1. The molecule has 1 heterocycles. The number of hydrogen-bond acceptors (Lipinski definition) is 5. The first-order chi connectivity index (χ1) is 9.74. The van der Waals surface area contributed by atoms with E-state index in [2.05, 4.69) is 31.0 Å². The Balaban J connectivity index is 2.11. The van der Waals surface area contributed by atoms with Gasteiger partial charge in [0.05, 0.1) is 4.47 Å². The molecule has 0 aliphatic rings. The number of rotatable bonds is 3. The lowest BCUT2D eigenvalue weighted by atomic mass is 10.3. The van der Waals surface area contributed by atoms with Gasteiger partial charge >= 0.3 is 6.36 Å². The molecular formula is C11H7BrF3N3O2S. The van der Waals surface area contributed by atoms with E-state index in [4.69, 9.17) is 5.73 Å². The van der Waals surface area contributed by atoms with Gasteiger partial charge in [-0.3, -0.25) is 4.79 Å². The highest BCUT2D eigenvalue weighted by Crippen LogP contribution is 2.32. The molecule has 3 N–H and O–H groups in total. The normalized spacial score (nSPS) is 11.2. The summed E-state index contributed by atoms with van der Waals surface area (Å²) in [4.78, 5) is 15.6. The van der Waals surface area contributed by atoms with Crippen molar-refractivity contribution >= 4 is 44.0 Å². The van der Waals surface area contributed by atoms with Crippen molar-refractivity contribution < 1.29 is 22.7 Å². The smallest absolute Gasteiger partial charge is 0.405 e. The van der Waals surface area contributed by atoms with Crippen molar-refractivity contribution in [2.45, 2.75) is 6.36 Å². The fourth-order valence-electron chi connectivity index (χ4n) is 1.37. The number of nitrogens with two attached hydrogens (primary N) is 1. The molecular weight excluding hydrogens is 375 g/mol. The maximum atomic E-state index is 12.1. The van der Waals surface area contributed by atoms with E-state index < -0.39 is 18.0 Å². The van der Waals surface area contributed by atoms with Crippen LogP contribution in [0.4, 0.5) is 24.0 Å². The highest BCUT2D eigenvalue weighted by molar-refractivity contribution is 9.10. The van der Waals surface area contributed by atoms with E-state index in [0.717, 1.165) is 17.4 Å². The van der Waals surface area contributed by atoms with E-state index in [1.54, 1.807) is 0 Å². The molecule has 1 aromatic carbocycles. The zero-order chi connectivity index (χ0) is 15.6. The Bertz CT molecular complexity index is 675. The summed E-state index contributed by atoms with van der Waals surface area (Å²) in [6, 6.07) is 3.65. The molecule has 5 nitrogen and oxygen atoms in total. The van der Waals surface area contributed by atoms with E-state index in [0.29, 0.717) is 0 Å². The average molecular weight is 382 g/mol. The van der Waals surface area contributed by atoms with Crippen LogP contribution in [0.2, 0.25) is 0 Å². The topological polar surface area (TPSA) is 77.2 Å². The van der Waals surface area contributed by atoms with Crippen molar-refractivity contribution in [1.82, 2.24) is 4.98 Å². The van der Waals surface area contributed by atoms with Gasteiger partial charge in [-0.2, -0.15) is 0 Å². The van der Waals surface area contributed by atoms with Crippen molar-refractivity contribution in [2.75, 3.05) is 11.1 Å². The minimum Gasteiger partial charge on any atom is -0.405 e. The Morgan fingerprint density at radius 2 is 2.14 bits per heavy atom. The summed E-state index contributed by atoms with van der Waals surface area (Å²) < 4.78 is 40.2. The molecule has 0 unspecified atom stereocenters. The van der Waals surface area contributed by atoms with Crippen LogP contribution in [0.15, 0.2) is 28.1 Å². The summed E-state index contributed by atoms with van der Waals surface area (Å²) in [7, 11) is 0. The van der Waals surface area contributed by atoms with Gasteiger partial charge in [0.1, 0.15) is 11.4 Å². The number of aromatic nitrogens is 1. The Labute approximate surface area is 129 Å². The lowest BCUT2D eigenvalue weighted by Gasteiger charge is -2.11. The lowest BCUT2D eigenvalue weighted by molar-refractivity contribution is -0.274. The van der Waals surface area contributed by atoms with Crippen molar-refractivity contribution in [3.63, 3.8) is 0 Å². The number of nitrogens with zero attached hydrogens (tertiary/aromatic N) is 1. The maximum Gasteiger partial charge on any atom is 0.573 e. The zero-order valence-electron chi connectivity index (χ0n) is 10.1. The number of halogens is 4. The van der Waals surface area contributed by atoms with Gasteiger partial charge in [0.15, 0.2) is 5.13 Å². The number of nitrogens with one attached hydrogen (secondary N) is 1. The van der Waals surface area contributed by atoms with Crippen LogP contribution in [0.3, 0.4) is 0 Å². The predicted molar refractivity (Wildman–Crippen MR) is 75.3 cm³/mol. The van der Waals surface area contributed by atoms with Gasteiger partial charge in [0.2, 0.25) is 0 Å². The minimum absolute atomic E-state index is 0.0513. The Morgan fingerprint density at radius 1 is 1.43 bits per heavy atom. The Kier molecular flexibility index (Phi) is 4.37. The predicted octanol–water partition coefficient (Wildman–Crippen LogP) is 3.64. The number of carbonyl (C=O) groups excluding carboxylic acids is 1. The summed E-state index contributed by atoms with van der Waals surface area (Å²) in [6.45, 7) is 0. The molecule has 1 amide bonds. The fourth-order valence-corrected chi connectivity index (χ4v) is 2.38. The van der Waals surface area contributed by atoms with Crippen LogP contribution in [0.1, 0.15) is 10.5 Å². The van der Waals surface area contributed by atoms with Gasteiger partial charge < -0.3 is 15.8 Å². The molecule has 0 saturated heterocycles. The van der Waals surface area contributed by atoms with Crippen molar-refractivity contribution in [1.29, 1.82) is 0 Å². The molecule has 10 heteroatoms. The molecule has 112 valence electrons. The SMILES string of the molecule is Nc1nc(C(=O)Nc2ccc(OC(F)(F)F)c(Br)c2)cs1. The van der Waals surface area contributed by atoms with Crippen LogP contribution in [-0.2, 0) is 0 Å². The Hall–Kier alpha value is -1.81. The molecule has 0 fully saturated rings. The van der Waals surface area contributed by atoms with Crippen LogP contribution >= 0.6 is 27.3 Å². The van der Waals surface area contributed by atoms with E-state index in [9.17, 15) is 18.0 Å². The average Bonchev–Trinajstić information content (AvgIpc) is 2.78. The number of nitrogen functional groups attached to an aromatic ring is 1. The van der Waals surface area contributed by atoms with E-state index in [1.165, 1.54) is 17.5 Å². The molecule has 0 aliphatic heterocycles. The van der Waals surface area contributed by atoms with Gasteiger partial charge in [0.25, 0.3) is 5.91 Å². The molecule has 0 radical (unpaired) electrons. The third kappa shape index (κ3) is 4.33. The monoisotopic (exact) mass is 381 g/mol. The number of hydrogen-bond donors (Lipinski definition) is 2. The quantitative estimate of drug-likeness (QED) is 0.850.